The second-order valence-corrected chi connectivity index (χ2v) is 6.81. The minimum Gasteiger partial charge on any atom is -0.355 e. The van der Waals surface area contributed by atoms with Crippen LogP contribution in [0.15, 0.2) is 30.3 Å². The van der Waals surface area contributed by atoms with Gasteiger partial charge in [-0.25, -0.2) is 0 Å². The molecule has 4 nitrogen and oxygen atoms in total. The third kappa shape index (κ3) is 4.81. The van der Waals surface area contributed by atoms with Crippen LogP contribution in [0.5, 0.6) is 0 Å². The summed E-state index contributed by atoms with van der Waals surface area (Å²) in [5, 5.41) is 3.11. The number of amides is 2. The van der Waals surface area contributed by atoms with Gasteiger partial charge in [-0.2, -0.15) is 0 Å². The van der Waals surface area contributed by atoms with E-state index in [2.05, 4.69) is 31.3 Å². The fraction of sp³-hybridized carbons (Fsp3) is 0.579. The average molecular weight is 316 g/mol. The Morgan fingerprint density at radius 1 is 1.26 bits per heavy atom. The molecule has 1 aromatic rings. The Balaban J connectivity index is 1.93. The summed E-state index contributed by atoms with van der Waals surface area (Å²) in [5.74, 6) is 0.839. The van der Waals surface area contributed by atoms with Crippen molar-refractivity contribution in [2.24, 2.45) is 11.8 Å². The average Bonchev–Trinajstić information content (AvgIpc) is 2.55. The number of nitrogens with zero attached hydrogens (tertiary/aromatic N) is 1. The Labute approximate surface area is 139 Å². The monoisotopic (exact) mass is 316 g/mol. The summed E-state index contributed by atoms with van der Waals surface area (Å²) in [6, 6.07) is 10.3. The van der Waals surface area contributed by atoms with Gasteiger partial charge in [0.2, 0.25) is 11.8 Å². The first kappa shape index (κ1) is 17.5. The Morgan fingerprint density at radius 3 is 2.57 bits per heavy atom. The lowest BCUT2D eigenvalue weighted by Crippen LogP contribution is -2.45. The van der Waals surface area contributed by atoms with Gasteiger partial charge in [0, 0.05) is 32.5 Å². The molecule has 2 atom stereocenters. The molecule has 0 bridgehead atoms. The van der Waals surface area contributed by atoms with Crippen molar-refractivity contribution in [3.05, 3.63) is 35.9 Å². The van der Waals surface area contributed by atoms with Crippen molar-refractivity contribution in [2.45, 2.75) is 39.5 Å². The highest BCUT2D eigenvalue weighted by Gasteiger charge is 2.27. The van der Waals surface area contributed by atoms with E-state index in [0.717, 1.165) is 19.4 Å². The van der Waals surface area contributed by atoms with Crippen molar-refractivity contribution in [2.75, 3.05) is 19.6 Å². The van der Waals surface area contributed by atoms with Crippen LogP contribution in [-0.2, 0) is 9.59 Å². The standard InChI is InChI=1S/C19H28N2O2/c1-14(2)18(16-8-5-4-6-9-16)12-20-19(23)17-10-7-11-21(13-17)15(3)22/h4-6,8-9,14,17-18H,7,10-13H2,1-3H3,(H,20,23)/t17-,18+/m0/s1. The van der Waals surface area contributed by atoms with Gasteiger partial charge in [0.25, 0.3) is 0 Å². The number of likely N-dealkylation sites (tertiary alicyclic amines) is 1. The first-order valence-corrected chi connectivity index (χ1v) is 8.57. The van der Waals surface area contributed by atoms with E-state index in [-0.39, 0.29) is 17.7 Å². The van der Waals surface area contributed by atoms with Crippen molar-refractivity contribution < 1.29 is 9.59 Å². The highest BCUT2D eigenvalue weighted by atomic mass is 16.2. The summed E-state index contributed by atoms with van der Waals surface area (Å²) in [6.07, 6.45) is 1.78. The summed E-state index contributed by atoms with van der Waals surface area (Å²) in [5.41, 5.74) is 1.26. The van der Waals surface area contributed by atoms with Crippen LogP contribution in [-0.4, -0.2) is 36.3 Å². The lowest BCUT2D eigenvalue weighted by atomic mass is 9.88. The smallest absolute Gasteiger partial charge is 0.224 e. The van der Waals surface area contributed by atoms with Crippen molar-refractivity contribution in [3.8, 4) is 0 Å². The predicted octanol–water partition coefficient (Wildman–Crippen LogP) is 2.80. The molecule has 1 N–H and O–H groups in total. The Hall–Kier alpha value is -1.84. The molecular formula is C19H28N2O2. The van der Waals surface area contributed by atoms with Crippen LogP contribution in [0.3, 0.4) is 0 Å². The Kier molecular flexibility index (Phi) is 6.20. The maximum Gasteiger partial charge on any atom is 0.224 e. The highest BCUT2D eigenvalue weighted by molar-refractivity contribution is 5.80. The fourth-order valence-electron chi connectivity index (χ4n) is 3.27. The van der Waals surface area contributed by atoms with Gasteiger partial charge < -0.3 is 10.2 Å². The number of benzene rings is 1. The van der Waals surface area contributed by atoms with Crippen molar-refractivity contribution in [3.63, 3.8) is 0 Å². The normalized spacial score (nSPS) is 19.5. The lowest BCUT2D eigenvalue weighted by Gasteiger charge is -2.32. The summed E-state index contributed by atoms with van der Waals surface area (Å²) in [6.45, 7) is 7.92. The van der Waals surface area contributed by atoms with Gasteiger partial charge in [0.15, 0.2) is 0 Å². The number of hydrogen-bond donors (Lipinski definition) is 1. The van der Waals surface area contributed by atoms with Crippen LogP contribution in [0.25, 0.3) is 0 Å². The molecule has 0 spiro atoms. The zero-order chi connectivity index (χ0) is 16.8. The fourth-order valence-corrected chi connectivity index (χ4v) is 3.27. The molecule has 1 aliphatic rings. The molecule has 2 amide bonds. The molecular weight excluding hydrogens is 288 g/mol. The van der Waals surface area contributed by atoms with Gasteiger partial charge in [0.05, 0.1) is 5.92 Å². The molecule has 1 saturated heterocycles. The van der Waals surface area contributed by atoms with Gasteiger partial charge in [-0.05, 0) is 24.3 Å². The highest BCUT2D eigenvalue weighted by Crippen LogP contribution is 2.24. The Bertz CT molecular complexity index is 527. The molecule has 2 rings (SSSR count). The second-order valence-electron chi connectivity index (χ2n) is 6.81. The first-order valence-electron chi connectivity index (χ1n) is 8.57. The number of rotatable bonds is 5. The van der Waals surface area contributed by atoms with Crippen LogP contribution in [0, 0.1) is 11.8 Å². The number of carbonyl (C=O) groups is 2. The van der Waals surface area contributed by atoms with Crippen LogP contribution in [0.2, 0.25) is 0 Å². The molecule has 0 saturated carbocycles. The number of hydrogen-bond acceptors (Lipinski definition) is 2. The minimum atomic E-state index is -0.0729. The maximum absolute atomic E-state index is 12.5. The molecule has 0 aliphatic carbocycles. The molecule has 1 aliphatic heterocycles. The van der Waals surface area contributed by atoms with E-state index in [0.29, 0.717) is 24.9 Å². The molecule has 0 unspecified atom stereocenters. The van der Waals surface area contributed by atoms with Crippen molar-refractivity contribution in [1.82, 2.24) is 10.2 Å². The largest absolute Gasteiger partial charge is 0.355 e. The van der Waals surface area contributed by atoms with Crippen molar-refractivity contribution in [1.29, 1.82) is 0 Å². The quantitative estimate of drug-likeness (QED) is 0.908. The maximum atomic E-state index is 12.5. The molecule has 1 heterocycles. The molecule has 4 heteroatoms. The Morgan fingerprint density at radius 2 is 1.96 bits per heavy atom. The van der Waals surface area contributed by atoms with Gasteiger partial charge in [-0.3, -0.25) is 9.59 Å². The number of carbonyl (C=O) groups excluding carboxylic acids is 2. The number of nitrogens with one attached hydrogen (secondary N) is 1. The van der Waals surface area contributed by atoms with E-state index in [1.807, 2.05) is 18.2 Å². The van der Waals surface area contributed by atoms with Crippen LogP contribution in [0.4, 0.5) is 0 Å². The minimum absolute atomic E-state index is 0.0619. The van der Waals surface area contributed by atoms with E-state index in [9.17, 15) is 9.59 Å². The van der Waals surface area contributed by atoms with E-state index in [4.69, 9.17) is 0 Å². The van der Waals surface area contributed by atoms with Gasteiger partial charge in [-0.1, -0.05) is 44.2 Å². The van der Waals surface area contributed by atoms with Crippen LogP contribution in [0.1, 0.15) is 45.1 Å². The molecule has 1 aromatic carbocycles. The van der Waals surface area contributed by atoms with E-state index >= 15 is 0 Å². The van der Waals surface area contributed by atoms with Gasteiger partial charge >= 0.3 is 0 Å². The van der Waals surface area contributed by atoms with E-state index < -0.39 is 0 Å². The lowest BCUT2D eigenvalue weighted by molar-refractivity contribution is -0.134. The zero-order valence-electron chi connectivity index (χ0n) is 14.4. The summed E-state index contributed by atoms with van der Waals surface area (Å²) < 4.78 is 0. The second kappa shape index (κ2) is 8.14. The molecule has 0 radical (unpaired) electrons. The van der Waals surface area contributed by atoms with Crippen molar-refractivity contribution >= 4 is 11.8 Å². The third-order valence-electron chi connectivity index (χ3n) is 4.77. The zero-order valence-corrected chi connectivity index (χ0v) is 14.4. The SMILES string of the molecule is CC(=O)N1CCC[C@H](C(=O)NC[C@@H](c2ccccc2)C(C)C)C1. The van der Waals surface area contributed by atoms with Crippen LogP contribution < -0.4 is 5.32 Å². The summed E-state index contributed by atoms with van der Waals surface area (Å²) in [4.78, 5) is 25.8. The molecule has 126 valence electrons. The molecule has 0 aromatic heterocycles. The topological polar surface area (TPSA) is 49.4 Å². The summed E-state index contributed by atoms with van der Waals surface area (Å²) >= 11 is 0. The molecule has 1 fully saturated rings. The predicted molar refractivity (Wildman–Crippen MR) is 92.0 cm³/mol. The summed E-state index contributed by atoms with van der Waals surface area (Å²) in [7, 11) is 0. The van der Waals surface area contributed by atoms with Crippen LogP contribution >= 0.6 is 0 Å². The van der Waals surface area contributed by atoms with Gasteiger partial charge in [0.1, 0.15) is 0 Å². The molecule has 23 heavy (non-hydrogen) atoms. The van der Waals surface area contributed by atoms with Gasteiger partial charge in [-0.15, -0.1) is 0 Å². The number of piperidine rings is 1. The van der Waals surface area contributed by atoms with E-state index in [1.165, 1.54) is 5.56 Å². The first-order chi connectivity index (χ1) is 11.0. The third-order valence-corrected chi connectivity index (χ3v) is 4.77. The van der Waals surface area contributed by atoms with E-state index in [1.54, 1.807) is 11.8 Å².